The summed E-state index contributed by atoms with van der Waals surface area (Å²) in [6.45, 7) is 0.219. The average Bonchev–Trinajstić information content (AvgIpc) is 3.02. The van der Waals surface area contributed by atoms with Crippen molar-refractivity contribution in [1.29, 1.82) is 0 Å². The van der Waals surface area contributed by atoms with Gasteiger partial charge in [-0.25, -0.2) is 4.98 Å². The maximum absolute atomic E-state index is 11.7. The zero-order valence-corrected chi connectivity index (χ0v) is 11.3. The summed E-state index contributed by atoms with van der Waals surface area (Å²) in [4.78, 5) is 16.1. The van der Waals surface area contributed by atoms with Gasteiger partial charge in [-0.15, -0.1) is 11.3 Å². The van der Waals surface area contributed by atoms with E-state index in [9.17, 15) is 4.79 Å². The second-order valence-corrected chi connectivity index (χ2v) is 5.29. The van der Waals surface area contributed by atoms with Crippen LogP contribution in [0.2, 0.25) is 0 Å². The largest absolute Gasteiger partial charge is 0.457 e. The second-order valence-electron chi connectivity index (χ2n) is 4.17. The molecule has 102 valence electrons. The van der Waals surface area contributed by atoms with Gasteiger partial charge in [-0.2, -0.15) is 5.10 Å². The zero-order chi connectivity index (χ0) is 13.9. The average molecular weight is 288 g/mol. The lowest BCUT2D eigenvalue weighted by atomic mass is 10.3. The number of nitrogens with zero attached hydrogens (tertiary/aromatic N) is 3. The summed E-state index contributed by atoms with van der Waals surface area (Å²) in [5.74, 6) is 0.0105. The van der Waals surface area contributed by atoms with E-state index in [1.54, 1.807) is 12.3 Å². The van der Waals surface area contributed by atoms with Gasteiger partial charge in [0.2, 0.25) is 0 Å². The number of nitrogens with two attached hydrogens (primary N) is 1. The standard InChI is InChI=1S/C13H12N4O2S/c14-11-5-6-17(16-11)7-13(18)19-8-12-15-9-3-1-2-4-10(9)20-12/h1-6H,7-8H2,(H2,14,16). The monoisotopic (exact) mass is 288 g/mol. The molecule has 20 heavy (non-hydrogen) atoms. The van der Waals surface area contributed by atoms with Gasteiger partial charge in [0.1, 0.15) is 24.0 Å². The maximum atomic E-state index is 11.7. The molecule has 0 radical (unpaired) electrons. The smallest absolute Gasteiger partial charge is 0.328 e. The first-order chi connectivity index (χ1) is 9.70. The van der Waals surface area contributed by atoms with Crippen LogP contribution in [0.3, 0.4) is 0 Å². The number of anilines is 1. The Balaban J connectivity index is 1.59. The predicted molar refractivity (Wildman–Crippen MR) is 76.1 cm³/mol. The molecule has 3 aromatic rings. The van der Waals surface area contributed by atoms with Crippen molar-refractivity contribution in [2.45, 2.75) is 13.2 Å². The minimum atomic E-state index is -0.368. The van der Waals surface area contributed by atoms with E-state index in [2.05, 4.69) is 10.1 Å². The first-order valence-electron chi connectivity index (χ1n) is 6.00. The van der Waals surface area contributed by atoms with Crippen molar-refractivity contribution >= 4 is 33.3 Å². The van der Waals surface area contributed by atoms with Crippen LogP contribution < -0.4 is 5.73 Å². The molecule has 0 aliphatic heterocycles. The normalized spacial score (nSPS) is 10.8. The van der Waals surface area contributed by atoms with Gasteiger partial charge in [0, 0.05) is 6.20 Å². The summed E-state index contributed by atoms with van der Waals surface area (Å²) in [7, 11) is 0. The van der Waals surface area contributed by atoms with Crippen molar-refractivity contribution in [3.63, 3.8) is 0 Å². The lowest BCUT2D eigenvalue weighted by Crippen LogP contribution is -2.14. The van der Waals surface area contributed by atoms with Crippen LogP contribution >= 0.6 is 11.3 Å². The molecule has 0 amide bonds. The number of hydrogen-bond acceptors (Lipinski definition) is 6. The first kappa shape index (κ1) is 12.6. The molecule has 0 saturated heterocycles. The van der Waals surface area contributed by atoms with E-state index < -0.39 is 0 Å². The summed E-state index contributed by atoms with van der Waals surface area (Å²) >= 11 is 1.52. The molecule has 2 heterocycles. The Labute approximate surface area is 118 Å². The third kappa shape index (κ3) is 2.77. The van der Waals surface area contributed by atoms with Crippen molar-refractivity contribution in [2.24, 2.45) is 0 Å². The van der Waals surface area contributed by atoms with E-state index in [0.717, 1.165) is 15.2 Å². The molecule has 0 saturated carbocycles. The van der Waals surface area contributed by atoms with Crippen molar-refractivity contribution < 1.29 is 9.53 Å². The highest BCUT2D eigenvalue weighted by atomic mass is 32.1. The van der Waals surface area contributed by atoms with Crippen LogP contribution in [0.1, 0.15) is 5.01 Å². The van der Waals surface area contributed by atoms with E-state index in [4.69, 9.17) is 10.5 Å². The van der Waals surface area contributed by atoms with E-state index in [1.807, 2.05) is 24.3 Å². The van der Waals surface area contributed by atoms with Gasteiger partial charge in [0.25, 0.3) is 0 Å². The van der Waals surface area contributed by atoms with Gasteiger partial charge in [0.05, 0.1) is 10.2 Å². The summed E-state index contributed by atoms with van der Waals surface area (Å²) in [5.41, 5.74) is 6.39. The quantitative estimate of drug-likeness (QED) is 0.740. The van der Waals surface area contributed by atoms with Crippen molar-refractivity contribution in [2.75, 3.05) is 5.73 Å². The molecule has 2 aromatic heterocycles. The Kier molecular flexibility index (Phi) is 3.34. The number of ether oxygens (including phenoxy) is 1. The molecule has 7 heteroatoms. The van der Waals surface area contributed by atoms with E-state index >= 15 is 0 Å². The first-order valence-corrected chi connectivity index (χ1v) is 6.81. The molecule has 0 bridgehead atoms. The second kappa shape index (κ2) is 5.30. The van der Waals surface area contributed by atoms with E-state index in [-0.39, 0.29) is 19.1 Å². The Morgan fingerprint density at radius 1 is 1.35 bits per heavy atom. The lowest BCUT2D eigenvalue weighted by molar-refractivity contribution is -0.145. The third-order valence-electron chi connectivity index (χ3n) is 2.65. The van der Waals surface area contributed by atoms with E-state index in [1.165, 1.54) is 16.0 Å². The van der Waals surface area contributed by atoms with Crippen LogP contribution in [0.4, 0.5) is 5.82 Å². The highest BCUT2D eigenvalue weighted by Crippen LogP contribution is 2.21. The fraction of sp³-hybridized carbons (Fsp3) is 0.154. The molecule has 2 N–H and O–H groups in total. The Morgan fingerprint density at radius 2 is 2.20 bits per heavy atom. The van der Waals surface area contributed by atoms with Gasteiger partial charge in [0.15, 0.2) is 0 Å². The van der Waals surface area contributed by atoms with Gasteiger partial charge in [-0.05, 0) is 18.2 Å². The summed E-state index contributed by atoms with van der Waals surface area (Å²) in [6.07, 6.45) is 1.63. The lowest BCUT2D eigenvalue weighted by Gasteiger charge is -2.02. The SMILES string of the molecule is Nc1ccn(CC(=O)OCc2nc3ccccc3s2)n1. The van der Waals surface area contributed by atoms with Gasteiger partial charge in [-0.3, -0.25) is 9.48 Å². The van der Waals surface area contributed by atoms with Crippen molar-refractivity contribution in [3.8, 4) is 0 Å². The number of esters is 1. The fourth-order valence-electron chi connectivity index (χ4n) is 1.77. The number of nitrogen functional groups attached to an aromatic ring is 1. The van der Waals surface area contributed by atoms with Crippen molar-refractivity contribution in [3.05, 3.63) is 41.5 Å². The van der Waals surface area contributed by atoms with Gasteiger partial charge < -0.3 is 10.5 Å². The number of thiazole rings is 1. The number of carbonyl (C=O) groups excluding carboxylic acids is 1. The molecular weight excluding hydrogens is 276 g/mol. The van der Waals surface area contributed by atoms with Crippen LogP contribution in [0.15, 0.2) is 36.5 Å². The highest BCUT2D eigenvalue weighted by Gasteiger charge is 2.08. The number of para-hydroxylation sites is 1. The number of rotatable bonds is 4. The molecule has 0 aliphatic rings. The van der Waals surface area contributed by atoms with Crippen LogP contribution in [-0.4, -0.2) is 20.7 Å². The number of hydrogen-bond donors (Lipinski definition) is 1. The topological polar surface area (TPSA) is 83.0 Å². The van der Waals surface area contributed by atoms with Crippen LogP contribution in [0.5, 0.6) is 0 Å². The maximum Gasteiger partial charge on any atom is 0.328 e. The molecule has 0 unspecified atom stereocenters. The molecule has 0 atom stereocenters. The van der Waals surface area contributed by atoms with Crippen LogP contribution in [-0.2, 0) is 22.7 Å². The molecule has 3 rings (SSSR count). The molecular formula is C13H12N4O2S. The summed E-state index contributed by atoms with van der Waals surface area (Å²) in [6, 6.07) is 9.44. The molecule has 0 aliphatic carbocycles. The Morgan fingerprint density at radius 3 is 2.95 bits per heavy atom. The van der Waals surface area contributed by atoms with Crippen LogP contribution in [0.25, 0.3) is 10.2 Å². The van der Waals surface area contributed by atoms with Crippen molar-refractivity contribution in [1.82, 2.24) is 14.8 Å². The highest BCUT2D eigenvalue weighted by molar-refractivity contribution is 7.18. The molecule has 6 nitrogen and oxygen atoms in total. The molecule has 1 aromatic carbocycles. The number of carbonyl (C=O) groups is 1. The number of benzene rings is 1. The predicted octanol–water partition coefficient (Wildman–Crippen LogP) is 1.82. The van der Waals surface area contributed by atoms with Crippen LogP contribution in [0, 0.1) is 0 Å². The van der Waals surface area contributed by atoms with E-state index in [0.29, 0.717) is 5.82 Å². The summed E-state index contributed by atoms with van der Waals surface area (Å²) < 4.78 is 7.70. The summed E-state index contributed by atoms with van der Waals surface area (Å²) in [5, 5.41) is 4.70. The zero-order valence-electron chi connectivity index (χ0n) is 10.5. The molecule has 0 fully saturated rings. The fourth-order valence-corrected chi connectivity index (χ4v) is 2.65. The number of aromatic nitrogens is 3. The molecule has 0 spiro atoms. The minimum Gasteiger partial charge on any atom is -0.457 e. The minimum absolute atomic E-state index is 0.0437. The number of fused-ring (bicyclic) bond motifs is 1. The third-order valence-corrected chi connectivity index (χ3v) is 3.66. The van der Waals surface area contributed by atoms with Gasteiger partial charge in [-0.1, -0.05) is 12.1 Å². The van der Waals surface area contributed by atoms with Gasteiger partial charge >= 0.3 is 5.97 Å². The Bertz CT molecular complexity index is 717. The Hall–Kier alpha value is -2.41.